The molecule has 0 aliphatic carbocycles. The topological polar surface area (TPSA) is 55.4 Å². The van der Waals surface area contributed by atoms with E-state index in [-0.39, 0.29) is 11.5 Å². The van der Waals surface area contributed by atoms with Crippen molar-refractivity contribution < 1.29 is 23.1 Å². The third-order valence-corrected chi connectivity index (χ3v) is 3.13. The highest BCUT2D eigenvalue weighted by Crippen LogP contribution is 2.17. The van der Waals surface area contributed by atoms with E-state index in [1.165, 1.54) is 19.9 Å². The Kier molecular flexibility index (Phi) is 5.05. The summed E-state index contributed by atoms with van der Waals surface area (Å²) in [5, 5.41) is 2.61. The number of hydrogen-bond acceptors (Lipinski definition) is 3. The summed E-state index contributed by atoms with van der Waals surface area (Å²) in [4.78, 5) is 23.2. The summed E-state index contributed by atoms with van der Waals surface area (Å²) < 4.78 is 31.2. The highest BCUT2D eigenvalue weighted by atomic mass is 19.2. The molecule has 0 fully saturated rings. The molecule has 0 aromatic heterocycles. The van der Waals surface area contributed by atoms with E-state index < -0.39 is 23.6 Å². The first-order valence-corrected chi connectivity index (χ1v) is 6.90. The van der Waals surface area contributed by atoms with Crippen LogP contribution in [0.4, 0.5) is 14.5 Å². The number of ketones is 1. The van der Waals surface area contributed by atoms with Gasteiger partial charge in [0.1, 0.15) is 5.75 Å². The number of hydrogen-bond donors (Lipinski definition) is 1. The number of nitrogens with one attached hydrogen (secondary N) is 1. The molecule has 1 atom stereocenters. The molecule has 0 saturated carbocycles. The molecular weight excluding hydrogens is 304 g/mol. The molecule has 2 rings (SSSR count). The second-order valence-corrected chi connectivity index (χ2v) is 4.96. The molecule has 4 nitrogen and oxygen atoms in total. The number of anilines is 1. The molecule has 2 aromatic rings. The lowest BCUT2D eigenvalue weighted by Gasteiger charge is -2.15. The maximum absolute atomic E-state index is 13.1. The molecular formula is C17H15F2NO3. The van der Waals surface area contributed by atoms with Crippen LogP contribution in [0, 0.1) is 11.6 Å². The van der Waals surface area contributed by atoms with Crippen LogP contribution in [0.1, 0.15) is 24.2 Å². The van der Waals surface area contributed by atoms with Gasteiger partial charge in [0.25, 0.3) is 5.91 Å². The van der Waals surface area contributed by atoms with Gasteiger partial charge in [-0.1, -0.05) is 0 Å². The fourth-order valence-electron chi connectivity index (χ4n) is 1.84. The standard InChI is InChI=1S/C17H15F2NO3/c1-10(21)12-3-5-13(6-4-12)20-17(22)11(2)23-14-7-8-15(18)16(19)9-14/h3-9,11H,1-2H3,(H,20,22)/t11-/m1/s1. The third kappa shape index (κ3) is 4.35. The first kappa shape index (κ1) is 16.6. The van der Waals surface area contributed by atoms with Gasteiger partial charge in [-0.05, 0) is 50.2 Å². The lowest BCUT2D eigenvalue weighted by molar-refractivity contribution is -0.122. The number of benzene rings is 2. The highest BCUT2D eigenvalue weighted by molar-refractivity contribution is 5.96. The Balaban J connectivity index is 1.99. The smallest absolute Gasteiger partial charge is 0.265 e. The minimum atomic E-state index is -1.05. The molecule has 0 unspecified atom stereocenters. The fourth-order valence-corrected chi connectivity index (χ4v) is 1.84. The first-order chi connectivity index (χ1) is 10.9. The van der Waals surface area contributed by atoms with Crippen molar-refractivity contribution >= 4 is 17.4 Å². The largest absolute Gasteiger partial charge is 0.481 e. The number of halogens is 2. The second-order valence-electron chi connectivity index (χ2n) is 4.96. The normalized spacial score (nSPS) is 11.7. The van der Waals surface area contributed by atoms with Gasteiger partial charge >= 0.3 is 0 Å². The zero-order valence-electron chi connectivity index (χ0n) is 12.6. The highest BCUT2D eigenvalue weighted by Gasteiger charge is 2.16. The molecule has 23 heavy (non-hydrogen) atoms. The molecule has 0 aliphatic rings. The van der Waals surface area contributed by atoms with Crippen molar-refractivity contribution in [3.8, 4) is 5.75 Å². The Morgan fingerprint density at radius 3 is 2.26 bits per heavy atom. The van der Waals surface area contributed by atoms with Crippen LogP contribution in [0.15, 0.2) is 42.5 Å². The molecule has 1 amide bonds. The SMILES string of the molecule is CC(=O)c1ccc(NC(=O)[C@@H](C)Oc2ccc(F)c(F)c2)cc1. The van der Waals surface area contributed by atoms with Crippen LogP contribution in [0.25, 0.3) is 0 Å². The van der Waals surface area contributed by atoms with Crippen LogP contribution in [-0.4, -0.2) is 17.8 Å². The van der Waals surface area contributed by atoms with Crippen molar-refractivity contribution in [2.24, 2.45) is 0 Å². The maximum atomic E-state index is 13.1. The Morgan fingerprint density at radius 2 is 1.70 bits per heavy atom. The zero-order chi connectivity index (χ0) is 17.0. The maximum Gasteiger partial charge on any atom is 0.265 e. The zero-order valence-corrected chi connectivity index (χ0v) is 12.6. The van der Waals surface area contributed by atoms with Gasteiger partial charge in [0, 0.05) is 17.3 Å². The molecule has 6 heteroatoms. The minimum Gasteiger partial charge on any atom is -0.481 e. The van der Waals surface area contributed by atoms with Crippen LogP contribution < -0.4 is 10.1 Å². The summed E-state index contributed by atoms with van der Waals surface area (Å²) in [6, 6.07) is 9.43. The Labute approximate surface area is 132 Å². The third-order valence-electron chi connectivity index (χ3n) is 3.13. The van der Waals surface area contributed by atoms with Gasteiger partial charge in [-0.2, -0.15) is 0 Å². The van der Waals surface area contributed by atoms with E-state index in [1.807, 2.05) is 0 Å². The predicted molar refractivity (Wildman–Crippen MR) is 81.5 cm³/mol. The van der Waals surface area contributed by atoms with Crippen LogP contribution in [-0.2, 0) is 4.79 Å². The summed E-state index contributed by atoms with van der Waals surface area (Å²) in [6.45, 7) is 2.94. The molecule has 2 aromatic carbocycles. The van der Waals surface area contributed by atoms with Crippen molar-refractivity contribution in [3.63, 3.8) is 0 Å². The molecule has 0 aliphatic heterocycles. The van der Waals surface area contributed by atoms with Crippen LogP contribution in [0.3, 0.4) is 0 Å². The van der Waals surface area contributed by atoms with E-state index >= 15 is 0 Å². The summed E-state index contributed by atoms with van der Waals surface area (Å²) >= 11 is 0. The van der Waals surface area contributed by atoms with Crippen molar-refractivity contribution in [3.05, 3.63) is 59.7 Å². The van der Waals surface area contributed by atoms with Gasteiger partial charge < -0.3 is 10.1 Å². The van der Waals surface area contributed by atoms with Gasteiger partial charge in [-0.3, -0.25) is 9.59 Å². The molecule has 0 radical (unpaired) electrons. The summed E-state index contributed by atoms with van der Waals surface area (Å²) in [6.07, 6.45) is -0.910. The molecule has 1 N–H and O–H groups in total. The van der Waals surface area contributed by atoms with Crippen LogP contribution in [0.5, 0.6) is 5.75 Å². The number of amides is 1. The molecule has 0 heterocycles. The van der Waals surface area contributed by atoms with E-state index in [2.05, 4.69) is 5.32 Å². The lowest BCUT2D eigenvalue weighted by atomic mass is 10.1. The minimum absolute atomic E-state index is 0.0541. The molecule has 120 valence electrons. The van der Waals surface area contributed by atoms with Gasteiger partial charge in [-0.25, -0.2) is 8.78 Å². The average molecular weight is 319 g/mol. The van der Waals surface area contributed by atoms with Crippen molar-refractivity contribution in [2.75, 3.05) is 5.32 Å². The number of rotatable bonds is 5. The molecule has 0 spiro atoms. The molecule has 0 saturated heterocycles. The fraction of sp³-hybridized carbons (Fsp3) is 0.176. The summed E-state index contributed by atoms with van der Waals surface area (Å²) in [5.41, 5.74) is 1.04. The Morgan fingerprint density at radius 1 is 1.04 bits per heavy atom. The van der Waals surface area contributed by atoms with Gasteiger partial charge in [0.15, 0.2) is 23.5 Å². The quantitative estimate of drug-likeness (QED) is 0.857. The van der Waals surface area contributed by atoms with Crippen LogP contribution >= 0.6 is 0 Å². The number of Topliss-reactive ketones (excluding diaryl/α,β-unsaturated/α-hetero) is 1. The van der Waals surface area contributed by atoms with E-state index in [0.29, 0.717) is 11.3 Å². The Hall–Kier alpha value is -2.76. The van der Waals surface area contributed by atoms with Crippen LogP contribution in [0.2, 0.25) is 0 Å². The summed E-state index contributed by atoms with van der Waals surface area (Å²) in [7, 11) is 0. The lowest BCUT2D eigenvalue weighted by Crippen LogP contribution is -2.30. The number of carbonyl (C=O) groups excluding carboxylic acids is 2. The Bertz CT molecular complexity index is 729. The van der Waals surface area contributed by atoms with Gasteiger partial charge in [0.2, 0.25) is 0 Å². The second kappa shape index (κ2) is 7.00. The number of carbonyl (C=O) groups is 2. The van der Waals surface area contributed by atoms with E-state index in [4.69, 9.17) is 4.74 Å². The van der Waals surface area contributed by atoms with E-state index in [9.17, 15) is 18.4 Å². The van der Waals surface area contributed by atoms with E-state index in [0.717, 1.165) is 12.1 Å². The van der Waals surface area contributed by atoms with Gasteiger partial charge in [0.05, 0.1) is 0 Å². The molecule has 0 bridgehead atoms. The van der Waals surface area contributed by atoms with Crippen molar-refractivity contribution in [1.29, 1.82) is 0 Å². The van der Waals surface area contributed by atoms with Crippen molar-refractivity contribution in [2.45, 2.75) is 20.0 Å². The van der Waals surface area contributed by atoms with E-state index in [1.54, 1.807) is 24.3 Å². The number of ether oxygens (including phenoxy) is 1. The first-order valence-electron chi connectivity index (χ1n) is 6.90. The predicted octanol–water partition coefficient (Wildman–Crippen LogP) is 3.57. The average Bonchev–Trinajstić information content (AvgIpc) is 2.51. The monoisotopic (exact) mass is 319 g/mol. The van der Waals surface area contributed by atoms with Crippen molar-refractivity contribution in [1.82, 2.24) is 0 Å². The van der Waals surface area contributed by atoms with Gasteiger partial charge in [-0.15, -0.1) is 0 Å². The summed E-state index contributed by atoms with van der Waals surface area (Å²) in [5.74, 6) is -2.50.